The fraction of sp³-hybridized carbons (Fsp3) is 0.366. The largest absolute Gasteiger partial charge is 0.497 e. The van der Waals surface area contributed by atoms with Gasteiger partial charge in [-0.25, -0.2) is 18.2 Å². The number of aromatic nitrogens is 1. The average Bonchev–Trinajstić information content (AvgIpc) is 4.16. The Balaban J connectivity index is 1.36. The number of amides is 5. The number of carbonyl (C=O) groups excluding carboxylic acids is 5. The quantitative estimate of drug-likeness (QED) is 0.109. The van der Waals surface area contributed by atoms with Crippen LogP contribution < -0.4 is 24.8 Å². The number of hydrogen-bond donors (Lipinski definition) is 3. The molecule has 2 heterocycles. The SMILES string of the molecule is C#CCOC(=O)N(C)[C@@H](CNC(=O)C=C)C(=O)N1C[C@H](Oc2cc(-c3ccccc3)nc3cc(OC)ccc23)C[C@H]1C(=O)N[C@]1(C(=O)NS(=O)(=O)C2CC2)C[C@H]1C=C. The van der Waals surface area contributed by atoms with Crippen molar-refractivity contribution in [3.8, 4) is 35.1 Å². The van der Waals surface area contributed by atoms with Crippen molar-refractivity contribution in [2.24, 2.45) is 5.92 Å². The fourth-order valence-electron chi connectivity index (χ4n) is 6.91. The summed E-state index contributed by atoms with van der Waals surface area (Å²) in [4.78, 5) is 74.9. The van der Waals surface area contributed by atoms with Gasteiger partial charge in [0.25, 0.3) is 5.91 Å². The molecule has 3 N–H and O–H groups in total. The highest BCUT2D eigenvalue weighted by atomic mass is 32.2. The second-order valence-electron chi connectivity index (χ2n) is 14.3. The Hall–Kier alpha value is -6.41. The first-order chi connectivity index (χ1) is 27.7. The van der Waals surface area contributed by atoms with Crippen LogP contribution in [0.25, 0.3) is 22.2 Å². The van der Waals surface area contributed by atoms with E-state index in [1.165, 1.54) is 25.1 Å². The van der Waals surface area contributed by atoms with Gasteiger partial charge in [0.15, 0.2) is 6.61 Å². The van der Waals surface area contributed by atoms with E-state index in [0.29, 0.717) is 40.9 Å². The van der Waals surface area contributed by atoms with Crippen LogP contribution in [0.3, 0.4) is 0 Å². The molecule has 3 aliphatic rings. The first-order valence-electron chi connectivity index (χ1n) is 18.5. The number of pyridine rings is 1. The molecule has 58 heavy (non-hydrogen) atoms. The van der Waals surface area contributed by atoms with Crippen molar-refractivity contribution >= 4 is 50.6 Å². The number of likely N-dealkylation sites (tertiary alicyclic amines) is 1. The Morgan fingerprint density at radius 2 is 1.86 bits per heavy atom. The van der Waals surface area contributed by atoms with E-state index in [4.69, 9.17) is 25.6 Å². The maximum Gasteiger partial charge on any atom is 0.411 e. The number of nitrogens with zero attached hydrogens (tertiary/aromatic N) is 3. The van der Waals surface area contributed by atoms with Gasteiger partial charge in [0.05, 0.1) is 30.1 Å². The monoisotopic (exact) mass is 812 g/mol. The zero-order valence-electron chi connectivity index (χ0n) is 32.0. The van der Waals surface area contributed by atoms with Gasteiger partial charge in [0.1, 0.15) is 35.2 Å². The van der Waals surface area contributed by atoms with E-state index in [1.807, 2.05) is 30.3 Å². The van der Waals surface area contributed by atoms with Gasteiger partial charge < -0.3 is 29.7 Å². The van der Waals surface area contributed by atoms with E-state index in [9.17, 15) is 32.4 Å². The number of ether oxygens (including phenoxy) is 3. The van der Waals surface area contributed by atoms with Gasteiger partial charge in [-0.3, -0.25) is 28.8 Å². The summed E-state index contributed by atoms with van der Waals surface area (Å²) in [5.74, 6) is -0.542. The molecule has 1 saturated heterocycles. The van der Waals surface area contributed by atoms with Crippen LogP contribution in [0.2, 0.25) is 0 Å². The molecule has 6 rings (SSSR count). The van der Waals surface area contributed by atoms with Crippen molar-refractivity contribution in [3.63, 3.8) is 0 Å². The van der Waals surface area contributed by atoms with E-state index in [0.717, 1.165) is 16.5 Å². The summed E-state index contributed by atoms with van der Waals surface area (Å²) < 4.78 is 44.8. The Kier molecular flexibility index (Phi) is 12.1. The van der Waals surface area contributed by atoms with Crippen LogP contribution in [0.4, 0.5) is 4.79 Å². The molecule has 5 atom stereocenters. The number of methoxy groups -OCH3 is 1. The summed E-state index contributed by atoms with van der Waals surface area (Å²) >= 11 is 0. The topological polar surface area (TPSA) is 203 Å². The molecular weight excluding hydrogens is 769 g/mol. The number of hydrogen-bond acceptors (Lipinski definition) is 11. The molecule has 304 valence electrons. The summed E-state index contributed by atoms with van der Waals surface area (Å²) in [6, 6.07) is 13.7. The molecule has 16 nitrogen and oxygen atoms in total. The average molecular weight is 813 g/mol. The van der Waals surface area contributed by atoms with E-state index in [2.05, 4.69) is 34.4 Å². The Morgan fingerprint density at radius 3 is 2.50 bits per heavy atom. The first kappa shape index (κ1) is 41.2. The molecule has 5 amide bonds. The van der Waals surface area contributed by atoms with E-state index >= 15 is 0 Å². The van der Waals surface area contributed by atoms with Crippen LogP contribution in [0, 0.1) is 18.3 Å². The maximum atomic E-state index is 14.6. The van der Waals surface area contributed by atoms with Crippen molar-refractivity contribution < 1.29 is 46.6 Å². The third-order valence-electron chi connectivity index (χ3n) is 10.4. The highest BCUT2D eigenvalue weighted by molar-refractivity contribution is 7.91. The third-order valence-corrected chi connectivity index (χ3v) is 12.2. The minimum Gasteiger partial charge on any atom is -0.497 e. The molecule has 2 saturated carbocycles. The standard InChI is InChI=1S/C41H44N6O10S/c1-6-18-56-40(52)46(4)34(23-42-36(48)8-3)38(50)47-24-28(20-33(47)37(49)44-41(22-26(41)7-2)39(51)45-58(53,54)29-15-16-29)57-35-21-31(25-12-10-9-11-13-25)43-32-19-27(55-5)14-17-30(32)35/h1,7-14,17,19,21,26,28-29,33-34H,2-3,15-16,18,20,22-24H2,4-5H3,(H,42,48)(H,44,49)(H,45,51)/t26-,28-,33+,34+,41-/m1/s1. The van der Waals surface area contributed by atoms with Gasteiger partial charge in [-0.15, -0.1) is 13.0 Å². The maximum absolute atomic E-state index is 14.6. The van der Waals surface area contributed by atoms with Gasteiger partial charge in [-0.1, -0.05) is 48.9 Å². The van der Waals surface area contributed by atoms with Gasteiger partial charge in [0, 0.05) is 49.0 Å². The zero-order valence-corrected chi connectivity index (χ0v) is 32.8. The van der Waals surface area contributed by atoms with E-state index in [-0.39, 0.29) is 19.4 Å². The summed E-state index contributed by atoms with van der Waals surface area (Å²) in [7, 11) is -1.15. The van der Waals surface area contributed by atoms with Crippen LogP contribution in [0.1, 0.15) is 25.7 Å². The highest BCUT2D eigenvalue weighted by Crippen LogP contribution is 2.45. The Morgan fingerprint density at radius 1 is 1.12 bits per heavy atom. The lowest BCUT2D eigenvalue weighted by molar-refractivity contribution is -0.143. The predicted octanol–water partition coefficient (Wildman–Crippen LogP) is 2.30. The number of nitrogens with one attached hydrogen (secondary N) is 3. The van der Waals surface area contributed by atoms with Crippen LogP contribution in [0.15, 0.2) is 79.9 Å². The van der Waals surface area contributed by atoms with Crippen LogP contribution >= 0.6 is 0 Å². The summed E-state index contributed by atoms with van der Waals surface area (Å²) in [6.45, 7) is 6.21. The second kappa shape index (κ2) is 17.0. The number of terminal acetylenes is 1. The number of sulfonamides is 1. The van der Waals surface area contributed by atoms with Crippen molar-refractivity contribution in [2.75, 3.05) is 33.9 Å². The lowest BCUT2D eigenvalue weighted by Crippen LogP contribution is -2.59. The summed E-state index contributed by atoms with van der Waals surface area (Å²) in [5.41, 5.74) is 0.293. The highest BCUT2D eigenvalue weighted by Gasteiger charge is 2.62. The Bertz CT molecular complexity index is 2290. The minimum atomic E-state index is -3.97. The van der Waals surface area contributed by atoms with Gasteiger partial charge in [-0.05, 0) is 37.5 Å². The van der Waals surface area contributed by atoms with E-state index in [1.54, 1.807) is 24.3 Å². The molecular formula is C41H44N6O10S. The smallest absolute Gasteiger partial charge is 0.411 e. The molecule has 1 aliphatic heterocycles. The molecule has 0 bridgehead atoms. The number of benzene rings is 2. The van der Waals surface area contributed by atoms with Crippen molar-refractivity contribution in [3.05, 3.63) is 79.9 Å². The fourth-order valence-corrected chi connectivity index (χ4v) is 8.28. The van der Waals surface area contributed by atoms with Gasteiger partial charge in [-0.2, -0.15) is 0 Å². The lowest BCUT2D eigenvalue weighted by atomic mass is 10.1. The van der Waals surface area contributed by atoms with Crippen molar-refractivity contribution in [1.29, 1.82) is 0 Å². The second-order valence-corrected chi connectivity index (χ2v) is 16.2. The molecule has 0 radical (unpaired) electrons. The molecule has 2 aliphatic carbocycles. The molecule has 0 unspecified atom stereocenters. The molecule has 0 spiro atoms. The third kappa shape index (κ3) is 8.76. The van der Waals surface area contributed by atoms with Crippen LogP contribution in [-0.2, 0) is 33.9 Å². The minimum absolute atomic E-state index is 0.0730. The summed E-state index contributed by atoms with van der Waals surface area (Å²) in [6.07, 6.45) is 6.72. The van der Waals surface area contributed by atoms with Crippen molar-refractivity contribution in [2.45, 2.75) is 54.7 Å². The summed E-state index contributed by atoms with van der Waals surface area (Å²) in [5, 5.41) is 5.19. The molecule has 3 aromatic rings. The predicted molar refractivity (Wildman–Crippen MR) is 212 cm³/mol. The Labute approximate surface area is 336 Å². The zero-order chi connectivity index (χ0) is 41.8. The molecule has 1 aromatic heterocycles. The first-order valence-corrected chi connectivity index (χ1v) is 20.0. The normalized spacial score (nSPS) is 21.4. The number of rotatable bonds is 16. The van der Waals surface area contributed by atoms with Gasteiger partial charge >= 0.3 is 6.09 Å². The number of carbonyl (C=O) groups is 5. The van der Waals surface area contributed by atoms with Gasteiger partial charge in [0.2, 0.25) is 27.7 Å². The molecule has 17 heteroatoms. The van der Waals surface area contributed by atoms with E-state index < -0.39 is 87.8 Å². The van der Waals surface area contributed by atoms with Crippen LogP contribution in [-0.4, -0.2) is 116 Å². The lowest BCUT2D eigenvalue weighted by Gasteiger charge is -2.33. The number of likely N-dealkylation sites (N-methyl/N-ethyl adjacent to an activating group) is 1. The van der Waals surface area contributed by atoms with Crippen LogP contribution in [0.5, 0.6) is 11.5 Å². The number of fused-ring (bicyclic) bond motifs is 1. The van der Waals surface area contributed by atoms with Crippen molar-refractivity contribution in [1.82, 2.24) is 30.1 Å². The molecule has 3 fully saturated rings. The molecule has 2 aromatic carbocycles.